The third-order valence-electron chi connectivity index (χ3n) is 5.59. The van der Waals surface area contributed by atoms with Gasteiger partial charge in [-0.2, -0.15) is 0 Å². The molecule has 0 bridgehead atoms. The van der Waals surface area contributed by atoms with Crippen LogP contribution in [0.4, 0.5) is 8.78 Å². The Labute approximate surface area is 242 Å². The average molecular weight is 590 g/mol. The molecule has 4 heterocycles. The highest BCUT2D eigenvalue weighted by atomic mass is 35.5. The van der Waals surface area contributed by atoms with Crippen molar-refractivity contribution < 1.29 is 18.6 Å². The van der Waals surface area contributed by atoms with Gasteiger partial charge >= 0.3 is 0 Å². The van der Waals surface area contributed by atoms with Crippen LogP contribution in [0, 0.1) is 25.5 Å². The molecule has 0 atom stereocenters. The van der Waals surface area contributed by atoms with Crippen LogP contribution < -0.4 is 15.9 Å². The third kappa shape index (κ3) is 7.42. The summed E-state index contributed by atoms with van der Waals surface area (Å²) >= 11 is 6.32. The lowest BCUT2D eigenvalue weighted by Gasteiger charge is -2.19. The summed E-state index contributed by atoms with van der Waals surface area (Å²) in [6.07, 6.45) is 4.89. The quantitative estimate of drug-likeness (QED) is 0.312. The number of pyridine rings is 3. The zero-order valence-electron chi connectivity index (χ0n) is 24.3. The molecule has 0 saturated carbocycles. The molecular weight excluding hydrogens is 556 g/mol. The monoisotopic (exact) mass is 589 g/mol. The summed E-state index contributed by atoms with van der Waals surface area (Å²) in [5.74, 6) is -1.55. The first-order valence-electron chi connectivity index (χ1n) is 13.0. The predicted octanol–water partition coefficient (Wildman–Crippen LogP) is 5.58. The zero-order chi connectivity index (χ0) is 31.1. The van der Waals surface area contributed by atoms with Crippen molar-refractivity contribution in [3.63, 3.8) is 0 Å². The van der Waals surface area contributed by atoms with Crippen LogP contribution in [-0.2, 0) is 12.2 Å². The van der Waals surface area contributed by atoms with Gasteiger partial charge < -0.3 is 9.84 Å². The second kappa shape index (κ2) is 14.1. The van der Waals surface area contributed by atoms with Crippen LogP contribution in [0.15, 0.2) is 52.7 Å². The molecule has 0 saturated heterocycles. The first kappa shape index (κ1) is 33.2. The SMILES string of the molecule is CC.CC.Cc1cnc(-n2cncc(C(C)(C)O)c2=O)cc1-n1c(C)cc(OCc2ncc(F)cc2F)c(Cl)c1=O. The van der Waals surface area contributed by atoms with E-state index in [-0.39, 0.29) is 34.5 Å². The molecular formula is C29H34ClF2N5O4. The van der Waals surface area contributed by atoms with Gasteiger partial charge in [-0.25, -0.2) is 18.7 Å². The Morgan fingerprint density at radius 2 is 1.63 bits per heavy atom. The number of aryl methyl sites for hydroxylation is 2. The number of rotatable bonds is 6. The number of ether oxygens (including phenoxy) is 1. The zero-order valence-corrected chi connectivity index (χ0v) is 25.0. The van der Waals surface area contributed by atoms with Crippen LogP contribution in [0.25, 0.3) is 11.5 Å². The molecule has 4 aromatic rings. The molecule has 9 nitrogen and oxygen atoms in total. The van der Waals surface area contributed by atoms with E-state index in [0.29, 0.717) is 23.0 Å². The molecule has 1 N–H and O–H groups in total. The lowest BCUT2D eigenvalue weighted by Crippen LogP contribution is -2.32. The summed E-state index contributed by atoms with van der Waals surface area (Å²) in [6.45, 7) is 13.9. The maximum Gasteiger partial charge on any atom is 0.277 e. The van der Waals surface area contributed by atoms with Gasteiger partial charge in [0.05, 0.1) is 23.0 Å². The first-order chi connectivity index (χ1) is 19.4. The minimum absolute atomic E-state index is 0.00354. The van der Waals surface area contributed by atoms with Gasteiger partial charge in [0, 0.05) is 36.3 Å². The fraction of sp³-hybridized carbons (Fsp3) is 0.345. The fourth-order valence-corrected chi connectivity index (χ4v) is 3.84. The first-order valence-corrected chi connectivity index (χ1v) is 13.4. The summed E-state index contributed by atoms with van der Waals surface area (Å²) in [5.41, 5.74) is -1.22. The minimum Gasteiger partial charge on any atom is -0.485 e. The Kier molecular flexibility index (Phi) is 11.4. The number of halogens is 3. The molecule has 0 unspecified atom stereocenters. The third-order valence-corrected chi connectivity index (χ3v) is 5.94. The number of hydrogen-bond acceptors (Lipinski definition) is 7. The molecule has 4 aromatic heterocycles. The molecule has 0 fully saturated rings. The standard InChI is InChI=1S/C25H22ClF2N5O4.2C2H6/c1-13-8-31-21(32-12-29-10-16(23(32)34)25(3,4)36)7-19(13)33-14(2)5-20(22(26)24(33)35)37-11-18-17(28)6-15(27)9-30-18;2*1-2/h5-10,12,36H,11H2,1-4H3;2*1-2H3. The molecule has 0 aliphatic heterocycles. The van der Waals surface area contributed by atoms with Crippen molar-refractivity contribution in [3.8, 4) is 17.3 Å². The van der Waals surface area contributed by atoms with Gasteiger partial charge in [0.25, 0.3) is 11.1 Å². The Morgan fingerprint density at radius 3 is 2.24 bits per heavy atom. The normalized spacial score (nSPS) is 10.7. The second-order valence-corrected chi connectivity index (χ2v) is 9.22. The van der Waals surface area contributed by atoms with Gasteiger partial charge in [-0.3, -0.25) is 23.7 Å². The van der Waals surface area contributed by atoms with E-state index in [1.807, 2.05) is 27.7 Å². The van der Waals surface area contributed by atoms with Crippen LogP contribution in [0.1, 0.15) is 64.1 Å². The summed E-state index contributed by atoms with van der Waals surface area (Å²) < 4.78 is 35.0. The molecule has 0 aliphatic carbocycles. The highest BCUT2D eigenvalue weighted by molar-refractivity contribution is 6.31. The van der Waals surface area contributed by atoms with Crippen LogP contribution in [0.3, 0.4) is 0 Å². The molecule has 0 radical (unpaired) electrons. The minimum atomic E-state index is -1.43. The van der Waals surface area contributed by atoms with E-state index in [9.17, 15) is 23.5 Å². The van der Waals surface area contributed by atoms with E-state index in [1.54, 1.807) is 13.8 Å². The Morgan fingerprint density at radius 1 is 0.976 bits per heavy atom. The molecule has 4 rings (SSSR count). The van der Waals surface area contributed by atoms with Gasteiger partial charge in [-0.15, -0.1) is 0 Å². The predicted molar refractivity (Wildman–Crippen MR) is 154 cm³/mol. The molecule has 0 spiro atoms. The number of nitrogens with zero attached hydrogens (tertiary/aromatic N) is 5. The van der Waals surface area contributed by atoms with Crippen molar-refractivity contribution in [3.05, 3.63) is 103 Å². The van der Waals surface area contributed by atoms with E-state index < -0.39 is 28.4 Å². The molecule has 0 aromatic carbocycles. The van der Waals surface area contributed by atoms with Crippen molar-refractivity contribution in [2.45, 2.75) is 67.6 Å². The molecule has 41 heavy (non-hydrogen) atoms. The van der Waals surface area contributed by atoms with Crippen LogP contribution >= 0.6 is 11.6 Å². The van der Waals surface area contributed by atoms with Crippen molar-refractivity contribution in [2.24, 2.45) is 0 Å². The van der Waals surface area contributed by atoms with E-state index in [0.717, 1.165) is 6.20 Å². The molecule has 220 valence electrons. The summed E-state index contributed by atoms with van der Waals surface area (Å²) in [6, 6.07) is 3.70. The van der Waals surface area contributed by atoms with Crippen molar-refractivity contribution in [1.29, 1.82) is 0 Å². The summed E-state index contributed by atoms with van der Waals surface area (Å²) in [7, 11) is 0. The van der Waals surface area contributed by atoms with Crippen LogP contribution in [0.2, 0.25) is 5.02 Å². The fourth-order valence-electron chi connectivity index (χ4n) is 3.65. The Balaban J connectivity index is 0.00000141. The largest absolute Gasteiger partial charge is 0.485 e. The molecule has 0 amide bonds. The second-order valence-electron chi connectivity index (χ2n) is 8.85. The van der Waals surface area contributed by atoms with Gasteiger partial charge in [0.1, 0.15) is 41.0 Å². The highest BCUT2D eigenvalue weighted by Crippen LogP contribution is 2.26. The molecule has 0 aliphatic rings. The Bertz CT molecular complexity index is 1630. The Hall–Kier alpha value is -3.96. The van der Waals surface area contributed by atoms with E-state index in [2.05, 4.69) is 15.0 Å². The molecule has 12 heteroatoms. The van der Waals surface area contributed by atoms with E-state index in [1.165, 1.54) is 53.8 Å². The van der Waals surface area contributed by atoms with Gasteiger partial charge in [-0.05, 0) is 33.3 Å². The maximum atomic E-state index is 13.9. The van der Waals surface area contributed by atoms with Gasteiger partial charge in [0.15, 0.2) is 5.82 Å². The van der Waals surface area contributed by atoms with Crippen LogP contribution in [0.5, 0.6) is 5.75 Å². The van der Waals surface area contributed by atoms with Crippen LogP contribution in [-0.4, -0.2) is 29.2 Å². The summed E-state index contributed by atoms with van der Waals surface area (Å²) in [4.78, 5) is 38.2. The number of hydrogen-bond donors (Lipinski definition) is 1. The van der Waals surface area contributed by atoms with Crippen molar-refractivity contribution in [1.82, 2.24) is 24.1 Å². The van der Waals surface area contributed by atoms with Crippen molar-refractivity contribution >= 4 is 11.6 Å². The average Bonchev–Trinajstić information content (AvgIpc) is 2.93. The topological polar surface area (TPSA) is 112 Å². The maximum absolute atomic E-state index is 13.9. The number of aliphatic hydroxyl groups is 1. The van der Waals surface area contributed by atoms with E-state index >= 15 is 0 Å². The lowest BCUT2D eigenvalue weighted by atomic mass is 10.0. The van der Waals surface area contributed by atoms with Crippen molar-refractivity contribution in [2.75, 3.05) is 0 Å². The van der Waals surface area contributed by atoms with E-state index in [4.69, 9.17) is 16.3 Å². The number of aromatic nitrogens is 5. The lowest BCUT2D eigenvalue weighted by molar-refractivity contribution is 0.0763. The van der Waals surface area contributed by atoms with Gasteiger partial charge in [-0.1, -0.05) is 39.3 Å². The van der Waals surface area contributed by atoms with Gasteiger partial charge in [0.2, 0.25) is 0 Å². The highest BCUT2D eigenvalue weighted by Gasteiger charge is 2.23. The smallest absolute Gasteiger partial charge is 0.277 e. The summed E-state index contributed by atoms with van der Waals surface area (Å²) in [5, 5.41) is 10.0.